The third kappa shape index (κ3) is 2.26. The number of fused-ring (bicyclic) bond motifs is 1. The predicted octanol–water partition coefficient (Wildman–Crippen LogP) is 3.22. The number of nitrogens with zero attached hydrogens (tertiary/aromatic N) is 1. The maximum Gasteiger partial charge on any atom is 0.174 e. The van der Waals surface area contributed by atoms with Gasteiger partial charge in [-0.2, -0.15) is 0 Å². The minimum Gasteiger partial charge on any atom is -0.468 e. The summed E-state index contributed by atoms with van der Waals surface area (Å²) in [5, 5.41) is 3.35. The van der Waals surface area contributed by atoms with Gasteiger partial charge in [-0.05, 0) is 35.9 Å². The topological polar surface area (TPSA) is 34.2 Å². The number of pyridine rings is 1. The maximum atomic E-state index is 5.81. The number of nitrogens with one attached hydrogen (secondary N) is 1. The fraction of sp³-hybridized carbons (Fsp3) is 0.154. The van der Waals surface area contributed by atoms with Crippen molar-refractivity contribution in [1.29, 1.82) is 0 Å². The Morgan fingerprint density at radius 3 is 2.88 bits per heavy atom. The molecular formula is C13H11BrN2O. The first-order valence-electron chi connectivity index (χ1n) is 5.43. The zero-order valence-electron chi connectivity index (χ0n) is 9.06. The van der Waals surface area contributed by atoms with E-state index in [1.54, 1.807) is 12.4 Å². The molecule has 0 bridgehead atoms. The van der Waals surface area contributed by atoms with Gasteiger partial charge in [-0.1, -0.05) is 15.9 Å². The molecule has 3 rings (SSSR count). The highest BCUT2D eigenvalue weighted by Crippen LogP contribution is 2.34. The van der Waals surface area contributed by atoms with Crippen molar-refractivity contribution in [1.82, 2.24) is 4.98 Å². The molecule has 1 atom stereocenters. The van der Waals surface area contributed by atoms with Gasteiger partial charge in [0.1, 0.15) is 5.75 Å². The molecule has 0 saturated heterocycles. The number of rotatable bonds is 2. The van der Waals surface area contributed by atoms with Crippen molar-refractivity contribution in [2.45, 2.75) is 12.6 Å². The second kappa shape index (κ2) is 4.37. The Hall–Kier alpha value is -1.55. The summed E-state index contributed by atoms with van der Waals surface area (Å²) in [5.41, 5.74) is 2.25. The molecule has 0 saturated carbocycles. The minimum absolute atomic E-state index is 0.00157. The number of benzene rings is 1. The second-order valence-electron chi connectivity index (χ2n) is 3.95. The number of halogens is 1. The smallest absolute Gasteiger partial charge is 0.174 e. The summed E-state index contributed by atoms with van der Waals surface area (Å²) in [4.78, 5) is 4.00. The molecule has 2 aromatic rings. The van der Waals surface area contributed by atoms with Gasteiger partial charge in [-0.3, -0.25) is 4.98 Å². The van der Waals surface area contributed by atoms with Gasteiger partial charge in [0.15, 0.2) is 6.23 Å². The standard InChI is InChI=1S/C13H11BrN2O/c14-10-1-2-12-11(8-10)16-13(17-12)7-9-3-5-15-6-4-9/h1-6,8,13,16H,7H2. The van der Waals surface area contributed by atoms with E-state index in [0.29, 0.717) is 0 Å². The van der Waals surface area contributed by atoms with E-state index in [4.69, 9.17) is 4.74 Å². The summed E-state index contributed by atoms with van der Waals surface area (Å²) in [7, 11) is 0. The van der Waals surface area contributed by atoms with Gasteiger partial charge in [0.2, 0.25) is 0 Å². The van der Waals surface area contributed by atoms with Crippen LogP contribution in [0.2, 0.25) is 0 Å². The van der Waals surface area contributed by atoms with Crippen molar-refractivity contribution in [3.05, 3.63) is 52.8 Å². The zero-order valence-corrected chi connectivity index (χ0v) is 10.6. The average Bonchev–Trinajstić information content (AvgIpc) is 2.71. The highest BCUT2D eigenvalue weighted by molar-refractivity contribution is 9.10. The molecule has 0 spiro atoms. The van der Waals surface area contributed by atoms with E-state index >= 15 is 0 Å². The Labute approximate surface area is 108 Å². The molecule has 1 aliphatic rings. The minimum atomic E-state index is 0.00157. The van der Waals surface area contributed by atoms with E-state index < -0.39 is 0 Å². The van der Waals surface area contributed by atoms with Crippen LogP contribution in [0.4, 0.5) is 5.69 Å². The predicted molar refractivity (Wildman–Crippen MR) is 70.1 cm³/mol. The van der Waals surface area contributed by atoms with Crippen LogP contribution >= 0.6 is 15.9 Å². The summed E-state index contributed by atoms with van der Waals surface area (Å²) < 4.78 is 6.87. The molecule has 0 fully saturated rings. The summed E-state index contributed by atoms with van der Waals surface area (Å²) in [6, 6.07) is 9.99. The van der Waals surface area contributed by atoms with Crippen LogP contribution in [0.1, 0.15) is 5.56 Å². The average molecular weight is 291 g/mol. The van der Waals surface area contributed by atoms with Crippen LogP contribution in [0.25, 0.3) is 0 Å². The van der Waals surface area contributed by atoms with E-state index in [0.717, 1.165) is 22.3 Å². The van der Waals surface area contributed by atoms with Crippen LogP contribution in [0.15, 0.2) is 47.2 Å². The summed E-state index contributed by atoms with van der Waals surface area (Å²) in [6.07, 6.45) is 4.43. The van der Waals surface area contributed by atoms with E-state index in [-0.39, 0.29) is 6.23 Å². The van der Waals surface area contributed by atoms with Crippen LogP contribution in [0.3, 0.4) is 0 Å². The van der Waals surface area contributed by atoms with Gasteiger partial charge in [0.05, 0.1) is 5.69 Å². The van der Waals surface area contributed by atoms with Crippen molar-refractivity contribution < 1.29 is 4.74 Å². The first-order chi connectivity index (χ1) is 8.31. The van der Waals surface area contributed by atoms with Crippen molar-refractivity contribution in [2.75, 3.05) is 5.32 Å². The van der Waals surface area contributed by atoms with Gasteiger partial charge in [0.25, 0.3) is 0 Å². The van der Waals surface area contributed by atoms with Gasteiger partial charge in [-0.25, -0.2) is 0 Å². The molecule has 2 heterocycles. The molecule has 17 heavy (non-hydrogen) atoms. The first-order valence-corrected chi connectivity index (χ1v) is 6.22. The summed E-state index contributed by atoms with van der Waals surface area (Å²) in [5.74, 6) is 0.909. The lowest BCUT2D eigenvalue weighted by molar-refractivity contribution is 0.253. The number of hydrogen-bond acceptors (Lipinski definition) is 3. The van der Waals surface area contributed by atoms with Gasteiger partial charge in [0, 0.05) is 23.3 Å². The van der Waals surface area contributed by atoms with Gasteiger partial charge < -0.3 is 10.1 Å². The molecule has 0 aliphatic carbocycles. The number of aromatic nitrogens is 1. The number of hydrogen-bond donors (Lipinski definition) is 1. The van der Waals surface area contributed by atoms with Crippen molar-refractivity contribution in [2.24, 2.45) is 0 Å². The summed E-state index contributed by atoms with van der Waals surface area (Å²) >= 11 is 3.45. The maximum absolute atomic E-state index is 5.81. The molecule has 1 unspecified atom stereocenters. The lowest BCUT2D eigenvalue weighted by Gasteiger charge is -2.10. The van der Waals surface area contributed by atoms with E-state index in [9.17, 15) is 0 Å². The van der Waals surface area contributed by atoms with Crippen LogP contribution in [0.5, 0.6) is 5.75 Å². The van der Waals surface area contributed by atoms with E-state index in [1.807, 2.05) is 30.3 Å². The lowest BCUT2D eigenvalue weighted by Crippen LogP contribution is -2.22. The fourth-order valence-electron chi connectivity index (χ4n) is 1.90. The Bertz CT molecular complexity index is 530. The Morgan fingerprint density at radius 2 is 2.06 bits per heavy atom. The largest absolute Gasteiger partial charge is 0.468 e. The molecule has 4 heteroatoms. The third-order valence-electron chi connectivity index (χ3n) is 2.70. The normalized spacial score (nSPS) is 17.1. The molecule has 1 N–H and O–H groups in total. The second-order valence-corrected chi connectivity index (χ2v) is 4.87. The highest BCUT2D eigenvalue weighted by atomic mass is 79.9. The van der Waals surface area contributed by atoms with E-state index in [1.165, 1.54) is 5.56 Å². The Kier molecular flexibility index (Phi) is 2.73. The zero-order chi connectivity index (χ0) is 11.7. The molecule has 1 aromatic heterocycles. The molecule has 86 valence electrons. The monoisotopic (exact) mass is 290 g/mol. The SMILES string of the molecule is Brc1ccc2c(c1)NC(Cc1ccncc1)O2. The lowest BCUT2D eigenvalue weighted by atomic mass is 10.2. The fourth-order valence-corrected chi connectivity index (χ4v) is 2.26. The molecule has 1 aliphatic heterocycles. The Balaban J connectivity index is 1.74. The molecule has 0 radical (unpaired) electrons. The van der Waals surface area contributed by atoms with Crippen LogP contribution in [-0.4, -0.2) is 11.2 Å². The van der Waals surface area contributed by atoms with Crippen LogP contribution in [0, 0.1) is 0 Å². The van der Waals surface area contributed by atoms with Crippen LogP contribution in [-0.2, 0) is 6.42 Å². The molecule has 3 nitrogen and oxygen atoms in total. The number of ether oxygens (including phenoxy) is 1. The quantitative estimate of drug-likeness (QED) is 0.922. The van der Waals surface area contributed by atoms with Crippen molar-refractivity contribution >= 4 is 21.6 Å². The summed E-state index contributed by atoms with van der Waals surface area (Å²) in [6.45, 7) is 0. The van der Waals surface area contributed by atoms with Gasteiger partial charge >= 0.3 is 0 Å². The van der Waals surface area contributed by atoms with Crippen molar-refractivity contribution in [3.63, 3.8) is 0 Å². The van der Waals surface area contributed by atoms with E-state index in [2.05, 4.69) is 26.2 Å². The molecule has 0 amide bonds. The molecule has 1 aromatic carbocycles. The first kappa shape index (κ1) is 10.6. The number of anilines is 1. The van der Waals surface area contributed by atoms with Crippen molar-refractivity contribution in [3.8, 4) is 5.75 Å². The Morgan fingerprint density at radius 1 is 1.24 bits per heavy atom. The third-order valence-corrected chi connectivity index (χ3v) is 3.19. The van der Waals surface area contributed by atoms with Gasteiger partial charge in [-0.15, -0.1) is 0 Å². The van der Waals surface area contributed by atoms with Crippen LogP contribution < -0.4 is 10.1 Å². The highest BCUT2D eigenvalue weighted by Gasteiger charge is 2.21. The molecular weight excluding hydrogens is 280 g/mol.